The van der Waals surface area contributed by atoms with E-state index in [2.05, 4.69) is 31.8 Å². The zero-order chi connectivity index (χ0) is 16.5. The minimum Gasteiger partial charge on any atom is -0.334 e. The van der Waals surface area contributed by atoms with Crippen LogP contribution in [0.4, 0.5) is 0 Å². The number of thioether (sulfide) groups is 1. The summed E-state index contributed by atoms with van der Waals surface area (Å²) in [5, 5.41) is 14.2. The summed E-state index contributed by atoms with van der Waals surface area (Å²) < 4.78 is 7.51. The van der Waals surface area contributed by atoms with Gasteiger partial charge in [-0.25, -0.2) is 0 Å². The Kier molecular flexibility index (Phi) is 4.28. The molecule has 0 radical (unpaired) electrons. The number of hydrogen-bond donors (Lipinski definition) is 0. The summed E-state index contributed by atoms with van der Waals surface area (Å²) in [6.07, 6.45) is 2.43. The molecule has 0 aliphatic heterocycles. The van der Waals surface area contributed by atoms with E-state index >= 15 is 0 Å². The average Bonchev–Trinajstić information content (AvgIpc) is 3.19. The number of rotatable bonds is 6. The second kappa shape index (κ2) is 6.57. The monoisotopic (exact) mass is 361 g/mol. The van der Waals surface area contributed by atoms with E-state index in [1.54, 1.807) is 17.8 Å². The molecule has 0 bridgehead atoms. The smallest absolute Gasteiger partial charge is 0.259 e. The standard InChI is InChI=1S/C16H16ClN5OS/c1-2-22-14(10-7-8-10)19-20-16(22)24-9-13-18-15(23-21-13)11-5-3-4-6-12(11)17/h3-6,10H,2,7-9H2,1H3. The fourth-order valence-corrected chi connectivity index (χ4v) is 3.60. The van der Waals surface area contributed by atoms with Crippen molar-refractivity contribution in [3.63, 3.8) is 0 Å². The summed E-state index contributed by atoms with van der Waals surface area (Å²) in [6, 6.07) is 7.43. The molecule has 124 valence electrons. The van der Waals surface area contributed by atoms with E-state index in [-0.39, 0.29) is 0 Å². The van der Waals surface area contributed by atoms with Gasteiger partial charge >= 0.3 is 0 Å². The molecule has 0 saturated heterocycles. The third kappa shape index (κ3) is 3.06. The van der Waals surface area contributed by atoms with Gasteiger partial charge in [0.1, 0.15) is 5.82 Å². The van der Waals surface area contributed by atoms with Gasteiger partial charge in [0.25, 0.3) is 5.89 Å². The van der Waals surface area contributed by atoms with E-state index < -0.39 is 0 Å². The molecule has 0 amide bonds. The first-order valence-electron chi connectivity index (χ1n) is 7.89. The molecule has 3 aromatic rings. The molecule has 6 nitrogen and oxygen atoms in total. The molecule has 1 fully saturated rings. The average molecular weight is 362 g/mol. The predicted molar refractivity (Wildman–Crippen MR) is 92.0 cm³/mol. The molecule has 0 spiro atoms. The Morgan fingerprint density at radius 2 is 2.12 bits per heavy atom. The highest BCUT2D eigenvalue weighted by molar-refractivity contribution is 7.98. The van der Waals surface area contributed by atoms with Crippen molar-refractivity contribution >= 4 is 23.4 Å². The molecule has 2 aromatic heterocycles. The van der Waals surface area contributed by atoms with E-state index in [4.69, 9.17) is 16.1 Å². The SMILES string of the molecule is CCn1c(SCc2noc(-c3ccccc3Cl)n2)nnc1C1CC1. The molecule has 24 heavy (non-hydrogen) atoms. The van der Waals surface area contributed by atoms with Crippen LogP contribution >= 0.6 is 23.4 Å². The zero-order valence-corrected chi connectivity index (χ0v) is 14.7. The summed E-state index contributed by atoms with van der Waals surface area (Å²) in [4.78, 5) is 4.43. The Morgan fingerprint density at radius 1 is 1.29 bits per heavy atom. The maximum atomic E-state index is 6.16. The van der Waals surface area contributed by atoms with E-state index in [1.165, 1.54) is 12.8 Å². The van der Waals surface area contributed by atoms with Crippen LogP contribution in [0.3, 0.4) is 0 Å². The van der Waals surface area contributed by atoms with Crippen LogP contribution in [0.1, 0.15) is 37.3 Å². The number of halogens is 1. The van der Waals surface area contributed by atoms with E-state index in [9.17, 15) is 0 Å². The van der Waals surface area contributed by atoms with Crippen molar-refractivity contribution in [1.29, 1.82) is 0 Å². The molecule has 8 heteroatoms. The lowest BCUT2D eigenvalue weighted by Gasteiger charge is -2.04. The summed E-state index contributed by atoms with van der Waals surface area (Å²) in [7, 11) is 0. The lowest BCUT2D eigenvalue weighted by molar-refractivity contribution is 0.425. The van der Waals surface area contributed by atoms with Crippen molar-refractivity contribution in [1.82, 2.24) is 24.9 Å². The quantitative estimate of drug-likeness (QED) is 0.613. The minimum absolute atomic E-state index is 0.437. The fourth-order valence-electron chi connectivity index (χ4n) is 2.53. The number of hydrogen-bond acceptors (Lipinski definition) is 6. The van der Waals surface area contributed by atoms with Gasteiger partial charge in [0, 0.05) is 12.5 Å². The fraction of sp³-hybridized carbons (Fsp3) is 0.375. The van der Waals surface area contributed by atoms with Gasteiger partial charge in [0.05, 0.1) is 16.3 Å². The van der Waals surface area contributed by atoms with Gasteiger partial charge in [-0.3, -0.25) is 0 Å². The van der Waals surface area contributed by atoms with Gasteiger partial charge < -0.3 is 9.09 Å². The van der Waals surface area contributed by atoms with Crippen LogP contribution < -0.4 is 0 Å². The molecule has 1 saturated carbocycles. The van der Waals surface area contributed by atoms with Crippen molar-refractivity contribution in [3.8, 4) is 11.5 Å². The van der Waals surface area contributed by atoms with E-state index in [1.807, 2.05) is 18.2 Å². The summed E-state index contributed by atoms with van der Waals surface area (Å²) in [6.45, 7) is 2.99. The van der Waals surface area contributed by atoms with E-state index in [0.29, 0.717) is 28.4 Å². The summed E-state index contributed by atoms with van der Waals surface area (Å²) in [5.74, 6) is 3.32. The number of nitrogens with zero attached hydrogens (tertiary/aromatic N) is 5. The van der Waals surface area contributed by atoms with Crippen molar-refractivity contribution in [3.05, 3.63) is 40.9 Å². The second-order valence-corrected chi connectivity index (χ2v) is 6.99. The van der Waals surface area contributed by atoms with Gasteiger partial charge in [-0.2, -0.15) is 4.98 Å². The normalized spacial score (nSPS) is 14.2. The van der Waals surface area contributed by atoms with Gasteiger partial charge in [0.2, 0.25) is 0 Å². The molecule has 4 rings (SSSR count). The van der Waals surface area contributed by atoms with Crippen LogP contribution in [-0.4, -0.2) is 24.9 Å². The van der Waals surface area contributed by atoms with Crippen molar-refractivity contribution < 1.29 is 4.52 Å². The minimum atomic E-state index is 0.437. The molecule has 1 aromatic carbocycles. The van der Waals surface area contributed by atoms with Crippen LogP contribution in [0.25, 0.3) is 11.5 Å². The molecule has 0 N–H and O–H groups in total. The number of benzene rings is 1. The first kappa shape index (κ1) is 15.7. The van der Waals surface area contributed by atoms with Crippen molar-refractivity contribution in [2.24, 2.45) is 0 Å². The summed E-state index contributed by atoms with van der Waals surface area (Å²) in [5.41, 5.74) is 0.746. The van der Waals surface area contributed by atoms with Gasteiger partial charge in [-0.1, -0.05) is 40.7 Å². The highest BCUT2D eigenvalue weighted by Gasteiger charge is 2.30. The van der Waals surface area contributed by atoms with Crippen molar-refractivity contribution in [2.75, 3.05) is 0 Å². The van der Waals surface area contributed by atoms with Gasteiger partial charge in [-0.15, -0.1) is 10.2 Å². The Balaban J connectivity index is 1.48. The Labute approximate surface area is 148 Å². The molecule has 1 aliphatic rings. The highest BCUT2D eigenvalue weighted by atomic mass is 35.5. The molecule has 0 atom stereocenters. The van der Waals surface area contributed by atoms with Crippen LogP contribution in [0, 0.1) is 0 Å². The topological polar surface area (TPSA) is 69.6 Å². The zero-order valence-electron chi connectivity index (χ0n) is 13.1. The first-order valence-corrected chi connectivity index (χ1v) is 9.26. The predicted octanol–water partition coefficient (Wildman–Crippen LogP) is 4.17. The molecule has 2 heterocycles. The molecular weight excluding hydrogens is 346 g/mol. The first-order chi connectivity index (χ1) is 11.8. The largest absolute Gasteiger partial charge is 0.334 e. The maximum absolute atomic E-state index is 6.16. The van der Waals surface area contributed by atoms with E-state index in [0.717, 1.165) is 23.1 Å². The lowest BCUT2D eigenvalue weighted by atomic mass is 10.2. The van der Waals surface area contributed by atoms with Crippen LogP contribution in [0.2, 0.25) is 5.02 Å². The van der Waals surface area contributed by atoms with Gasteiger partial charge in [0.15, 0.2) is 11.0 Å². The molecule has 1 aliphatic carbocycles. The van der Waals surface area contributed by atoms with Crippen LogP contribution in [0.15, 0.2) is 33.9 Å². The Morgan fingerprint density at radius 3 is 2.88 bits per heavy atom. The Hall–Kier alpha value is -1.86. The lowest BCUT2D eigenvalue weighted by Crippen LogP contribution is -2.02. The van der Waals surface area contributed by atoms with Gasteiger partial charge in [-0.05, 0) is 31.9 Å². The third-order valence-electron chi connectivity index (χ3n) is 3.91. The highest BCUT2D eigenvalue weighted by Crippen LogP contribution is 2.40. The number of aromatic nitrogens is 5. The van der Waals surface area contributed by atoms with Crippen LogP contribution in [0.5, 0.6) is 0 Å². The third-order valence-corrected chi connectivity index (χ3v) is 5.20. The van der Waals surface area contributed by atoms with Crippen molar-refractivity contribution in [2.45, 2.75) is 43.1 Å². The summed E-state index contributed by atoms with van der Waals surface area (Å²) >= 11 is 7.74. The second-order valence-electron chi connectivity index (χ2n) is 5.64. The Bertz CT molecular complexity index is 858. The maximum Gasteiger partial charge on any atom is 0.259 e. The molecule has 0 unspecified atom stereocenters. The molecular formula is C16H16ClN5OS. The van der Waals surface area contributed by atoms with Crippen LogP contribution in [-0.2, 0) is 12.3 Å².